The van der Waals surface area contributed by atoms with E-state index in [0.29, 0.717) is 12.6 Å². The van der Waals surface area contributed by atoms with Crippen LogP contribution in [0.1, 0.15) is 18.5 Å². The summed E-state index contributed by atoms with van der Waals surface area (Å²) in [5.74, 6) is 2.35. The van der Waals surface area contributed by atoms with Crippen molar-refractivity contribution in [3.63, 3.8) is 0 Å². The molecule has 0 aliphatic carbocycles. The number of hydrogen-bond donors (Lipinski definition) is 1. The van der Waals surface area contributed by atoms with Gasteiger partial charge < -0.3 is 5.73 Å². The van der Waals surface area contributed by atoms with Crippen LogP contribution < -0.4 is 5.73 Å². The molecule has 2 rings (SSSR count). The second-order valence-corrected chi connectivity index (χ2v) is 7.02. The van der Waals surface area contributed by atoms with Crippen molar-refractivity contribution in [3.8, 4) is 0 Å². The van der Waals surface area contributed by atoms with Crippen LogP contribution in [0.5, 0.6) is 0 Å². The molecular formula is C13H18BrClN2S. The number of hydrogen-bond acceptors (Lipinski definition) is 3. The van der Waals surface area contributed by atoms with Crippen molar-refractivity contribution in [3.05, 3.63) is 33.3 Å². The highest BCUT2D eigenvalue weighted by Crippen LogP contribution is 2.33. The van der Waals surface area contributed by atoms with E-state index in [1.165, 1.54) is 17.1 Å². The second-order valence-electron chi connectivity index (χ2n) is 4.58. The number of halogens is 2. The zero-order valence-electron chi connectivity index (χ0n) is 10.4. The number of rotatable bonds is 3. The molecule has 100 valence electrons. The summed E-state index contributed by atoms with van der Waals surface area (Å²) in [7, 11) is 0. The molecule has 1 heterocycles. The van der Waals surface area contributed by atoms with Crippen LogP contribution in [0.4, 0.5) is 0 Å². The first-order chi connectivity index (χ1) is 8.63. The third kappa shape index (κ3) is 3.23. The summed E-state index contributed by atoms with van der Waals surface area (Å²) in [6.07, 6.45) is 0. The molecule has 1 fully saturated rings. The monoisotopic (exact) mass is 348 g/mol. The summed E-state index contributed by atoms with van der Waals surface area (Å²) < 4.78 is 1.09. The van der Waals surface area contributed by atoms with Gasteiger partial charge in [0.1, 0.15) is 0 Å². The Kier molecular flexibility index (Phi) is 5.39. The first kappa shape index (κ1) is 14.7. The van der Waals surface area contributed by atoms with Gasteiger partial charge in [-0.05, 0) is 30.7 Å². The van der Waals surface area contributed by atoms with E-state index in [1.807, 2.05) is 30.0 Å². The molecule has 2 N–H and O–H groups in total. The molecule has 0 aromatic heterocycles. The number of benzene rings is 1. The maximum Gasteiger partial charge on any atom is 0.0485 e. The van der Waals surface area contributed by atoms with E-state index in [0.717, 1.165) is 16.0 Å². The van der Waals surface area contributed by atoms with Gasteiger partial charge >= 0.3 is 0 Å². The van der Waals surface area contributed by atoms with Crippen molar-refractivity contribution in [1.82, 2.24) is 4.90 Å². The maximum atomic E-state index is 6.11. The van der Waals surface area contributed by atoms with Crippen molar-refractivity contribution in [2.24, 2.45) is 5.73 Å². The molecule has 1 aliphatic rings. The van der Waals surface area contributed by atoms with Gasteiger partial charge in [-0.1, -0.05) is 27.5 Å². The quantitative estimate of drug-likeness (QED) is 0.905. The molecular weight excluding hydrogens is 332 g/mol. The average molecular weight is 350 g/mol. The van der Waals surface area contributed by atoms with E-state index < -0.39 is 0 Å². The summed E-state index contributed by atoms with van der Waals surface area (Å²) in [5, 5.41) is 0.769. The topological polar surface area (TPSA) is 29.3 Å². The van der Waals surface area contributed by atoms with Crippen LogP contribution in [-0.4, -0.2) is 35.5 Å². The number of nitrogens with zero attached hydrogens (tertiary/aromatic N) is 1. The Bertz CT molecular complexity index is 416. The fraction of sp³-hybridized carbons (Fsp3) is 0.538. The molecule has 0 saturated carbocycles. The summed E-state index contributed by atoms with van der Waals surface area (Å²) in [6.45, 7) is 3.98. The third-order valence-electron chi connectivity index (χ3n) is 3.36. The van der Waals surface area contributed by atoms with Gasteiger partial charge in [0.2, 0.25) is 0 Å². The van der Waals surface area contributed by atoms with E-state index in [4.69, 9.17) is 17.3 Å². The lowest BCUT2D eigenvalue weighted by Crippen LogP contribution is -2.45. The first-order valence-corrected chi connectivity index (χ1v) is 8.44. The zero-order valence-corrected chi connectivity index (χ0v) is 13.6. The molecule has 2 unspecified atom stereocenters. The van der Waals surface area contributed by atoms with Gasteiger partial charge in [0.05, 0.1) is 0 Å². The molecule has 5 heteroatoms. The first-order valence-electron chi connectivity index (χ1n) is 6.12. The molecule has 0 spiro atoms. The lowest BCUT2D eigenvalue weighted by atomic mass is 10.0. The van der Waals surface area contributed by atoms with Gasteiger partial charge in [-0.3, -0.25) is 4.90 Å². The van der Waals surface area contributed by atoms with Gasteiger partial charge in [0.25, 0.3) is 0 Å². The van der Waals surface area contributed by atoms with Crippen LogP contribution in [0, 0.1) is 0 Å². The smallest absolute Gasteiger partial charge is 0.0485 e. The molecule has 0 radical (unpaired) electrons. The number of nitrogens with two attached hydrogens (primary N) is 1. The Morgan fingerprint density at radius 1 is 1.61 bits per heavy atom. The van der Waals surface area contributed by atoms with Gasteiger partial charge in [-0.25, -0.2) is 0 Å². The second kappa shape index (κ2) is 6.62. The minimum absolute atomic E-state index is 0.244. The molecule has 2 atom stereocenters. The average Bonchev–Trinajstić information content (AvgIpc) is 2.36. The summed E-state index contributed by atoms with van der Waals surface area (Å²) in [4.78, 5) is 2.49. The van der Waals surface area contributed by atoms with E-state index in [9.17, 15) is 0 Å². The Hall–Kier alpha value is 0.260. The Morgan fingerprint density at radius 2 is 2.39 bits per heavy atom. The van der Waals surface area contributed by atoms with E-state index in [1.54, 1.807) is 0 Å². The SMILES string of the molecule is CC1CSCCN1C(CN)c1cc(Cl)ccc1Br. The minimum atomic E-state index is 0.244. The van der Waals surface area contributed by atoms with Crippen LogP contribution in [0.2, 0.25) is 5.02 Å². The van der Waals surface area contributed by atoms with Crippen LogP contribution >= 0.6 is 39.3 Å². The largest absolute Gasteiger partial charge is 0.329 e. The number of thioether (sulfide) groups is 1. The lowest BCUT2D eigenvalue weighted by Gasteiger charge is -2.39. The van der Waals surface area contributed by atoms with Crippen LogP contribution in [0.15, 0.2) is 22.7 Å². The molecule has 1 aromatic rings. The fourth-order valence-corrected chi connectivity index (χ4v) is 4.14. The highest BCUT2D eigenvalue weighted by atomic mass is 79.9. The Balaban J connectivity index is 2.29. The van der Waals surface area contributed by atoms with Crippen molar-refractivity contribution < 1.29 is 0 Å². The van der Waals surface area contributed by atoms with E-state index in [-0.39, 0.29) is 6.04 Å². The summed E-state index contributed by atoms with van der Waals surface area (Å²) >= 11 is 11.7. The fourth-order valence-electron chi connectivity index (χ4n) is 2.41. The van der Waals surface area contributed by atoms with Crippen molar-refractivity contribution in [2.45, 2.75) is 19.0 Å². The lowest BCUT2D eigenvalue weighted by molar-refractivity contribution is 0.165. The van der Waals surface area contributed by atoms with Gasteiger partial charge in [0, 0.05) is 46.2 Å². The normalized spacial score (nSPS) is 23.0. The highest BCUT2D eigenvalue weighted by Gasteiger charge is 2.27. The third-order valence-corrected chi connectivity index (χ3v) is 5.51. The van der Waals surface area contributed by atoms with Crippen molar-refractivity contribution in [1.29, 1.82) is 0 Å². The van der Waals surface area contributed by atoms with Crippen LogP contribution in [0.25, 0.3) is 0 Å². The molecule has 1 aromatic carbocycles. The predicted molar refractivity (Wildman–Crippen MR) is 84.4 cm³/mol. The summed E-state index contributed by atoms with van der Waals surface area (Å²) in [6, 6.07) is 6.73. The van der Waals surface area contributed by atoms with E-state index in [2.05, 4.69) is 27.8 Å². The highest BCUT2D eigenvalue weighted by molar-refractivity contribution is 9.10. The minimum Gasteiger partial charge on any atom is -0.329 e. The van der Waals surface area contributed by atoms with Gasteiger partial charge in [-0.15, -0.1) is 0 Å². The molecule has 0 bridgehead atoms. The maximum absolute atomic E-state index is 6.11. The van der Waals surface area contributed by atoms with Crippen molar-refractivity contribution >= 4 is 39.3 Å². The Labute approximate surface area is 126 Å². The molecule has 2 nitrogen and oxygen atoms in total. The standard InChI is InChI=1S/C13H18BrClN2S/c1-9-8-18-5-4-17(9)13(7-16)11-6-10(15)2-3-12(11)14/h2-3,6,9,13H,4-5,7-8,16H2,1H3. The van der Waals surface area contributed by atoms with Gasteiger partial charge in [-0.2, -0.15) is 11.8 Å². The molecule has 18 heavy (non-hydrogen) atoms. The van der Waals surface area contributed by atoms with E-state index >= 15 is 0 Å². The molecule has 1 saturated heterocycles. The van der Waals surface area contributed by atoms with Crippen LogP contribution in [0.3, 0.4) is 0 Å². The van der Waals surface area contributed by atoms with Gasteiger partial charge in [0.15, 0.2) is 0 Å². The van der Waals surface area contributed by atoms with Crippen LogP contribution in [-0.2, 0) is 0 Å². The Morgan fingerprint density at radius 3 is 3.06 bits per heavy atom. The zero-order chi connectivity index (χ0) is 13.1. The van der Waals surface area contributed by atoms with Crippen molar-refractivity contribution in [2.75, 3.05) is 24.6 Å². The molecule has 0 amide bonds. The predicted octanol–water partition coefficient (Wildman–Crippen LogP) is 3.54. The summed E-state index contributed by atoms with van der Waals surface area (Å²) in [5.41, 5.74) is 7.20. The molecule has 1 aliphatic heterocycles.